The van der Waals surface area contributed by atoms with E-state index in [0.717, 1.165) is 12.8 Å². The number of aromatic nitrogens is 1. The maximum absolute atomic E-state index is 11.9. The molecule has 2 rings (SSSR count). The summed E-state index contributed by atoms with van der Waals surface area (Å²) < 4.78 is 10.3. The van der Waals surface area contributed by atoms with Gasteiger partial charge in [0.05, 0.1) is 7.11 Å². The summed E-state index contributed by atoms with van der Waals surface area (Å²) in [5.41, 5.74) is 0.302. The number of hydrogen-bond donors (Lipinski definition) is 0. The van der Waals surface area contributed by atoms with E-state index in [1.807, 2.05) is 0 Å². The summed E-state index contributed by atoms with van der Waals surface area (Å²) in [7, 11) is 1.46. The van der Waals surface area contributed by atoms with Crippen LogP contribution in [0.3, 0.4) is 0 Å². The Bertz CT molecular complexity index is 460. The summed E-state index contributed by atoms with van der Waals surface area (Å²) in [4.78, 5) is 15.8. The Morgan fingerprint density at radius 1 is 1.65 bits per heavy atom. The van der Waals surface area contributed by atoms with Crippen molar-refractivity contribution in [2.75, 3.05) is 7.11 Å². The minimum Gasteiger partial charge on any atom is -0.480 e. The summed E-state index contributed by atoms with van der Waals surface area (Å²) >= 11 is 0. The van der Waals surface area contributed by atoms with Crippen molar-refractivity contribution in [1.82, 2.24) is 4.98 Å². The van der Waals surface area contributed by atoms with Gasteiger partial charge in [-0.05, 0) is 25.0 Å². The van der Waals surface area contributed by atoms with E-state index in [-0.39, 0.29) is 5.88 Å². The van der Waals surface area contributed by atoms with E-state index in [0.29, 0.717) is 11.5 Å². The molecule has 0 aliphatic heterocycles. The van der Waals surface area contributed by atoms with Crippen molar-refractivity contribution in [3.05, 3.63) is 23.9 Å². The monoisotopic (exact) mass is 231 g/mol. The molecule has 1 aliphatic carbocycles. The van der Waals surface area contributed by atoms with Crippen molar-refractivity contribution in [2.24, 2.45) is 5.92 Å². The van der Waals surface area contributed by atoms with E-state index >= 15 is 0 Å². The zero-order valence-electron chi connectivity index (χ0n) is 9.55. The molecule has 0 radical (unpaired) electrons. The Hall–Kier alpha value is -2.02. The van der Waals surface area contributed by atoms with Gasteiger partial charge in [-0.3, -0.25) is 0 Å². The largest absolute Gasteiger partial charge is 0.480 e. The molecule has 0 saturated heterocycles. The number of methoxy groups -OCH3 is 1. The first kappa shape index (κ1) is 11.5. The third kappa shape index (κ3) is 2.56. The molecule has 1 atom stereocenters. The number of ether oxygens (including phenoxy) is 2. The van der Waals surface area contributed by atoms with Crippen LogP contribution in [-0.2, 0) is 4.74 Å². The molecule has 0 N–H and O–H groups in total. The predicted molar refractivity (Wildman–Crippen MR) is 61.5 cm³/mol. The van der Waals surface area contributed by atoms with Crippen molar-refractivity contribution in [3.8, 4) is 18.2 Å². The van der Waals surface area contributed by atoms with Gasteiger partial charge in [-0.15, -0.1) is 6.42 Å². The molecule has 0 aromatic carbocycles. The van der Waals surface area contributed by atoms with E-state index in [1.165, 1.54) is 7.11 Å². The number of carbonyl (C=O) groups is 1. The lowest BCUT2D eigenvalue weighted by atomic mass is 10.2. The molecule has 0 spiro atoms. The fourth-order valence-corrected chi connectivity index (χ4v) is 1.55. The Morgan fingerprint density at radius 2 is 2.41 bits per heavy atom. The Kier molecular flexibility index (Phi) is 3.29. The molecule has 4 heteroatoms. The van der Waals surface area contributed by atoms with Crippen LogP contribution in [0.2, 0.25) is 0 Å². The van der Waals surface area contributed by atoms with Gasteiger partial charge in [-0.1, -0.05) is 5.92 Å². The van der Waals surface area contributed by atoms with Crippen LogP contribution in [0.25, 0.3) is 0 Å². The number of nitrogens with zero attached hydrogens (tertiary/aromatic N) is 1. The van der Waals surface area contributed by atoms with Gasteiger partial charge in [0.15, 0.2) is 6.10 Å². The lowest BCUT2D eigenvalue weighted by Gasteiger charge is -2.12. The highest BCUT2D eigenvalue weighted by molar-refractivity contribution is 5.92. The maximum Gasteiger partial charge on any atom is 0.344 e. The maximum atomic E-state index is 11.9. The third-order valence-electron chi connectivity index (χ3n) is 2.63. The molecular weight excluding hydrogens is 218 g/mol. The zero-order valence-corrected chi connectivity index (χ0v) is 9.55. The smallest absolute Gasteiger partial charge is 0.344 e. The van der Waals surface area contributed by atoms with Crippen LogP contribution in [0, 0.1) is 18.3 Å². The van der Waals surface area contributed by atoms with Crippen LogP contribution in [0.1, 0.15) is 23.2 Å². The lowest BCUT2D eigenvalue weighted by Crippen LogP contribution is -2.19. The second-order valence-corrected chi connectivity index (χ2v) is 3.89. The van der Waals surface area contributed by atoms with Gasteiger partial charge in [-0.2, -0.15) is 0 Å². The first-order chi connectivity index (χ1) is 8.26. The number of pyridine rings is 1. The van der Waals surface area contributed by atoms with E-state index in [9.17, 15) is 4.79 Å². The SMILES string of the molecule is C#C[C@H](OC(=O)c1cccnc1OC)C1CC1. The fourth-order valence-electron chi connectivity index (χ4n) is 1.55. The Morgan fingerprint density at radius 3 is 3.00 bits per heavy atom. The minimum atomic E-state index is -0.482. The minimum absolute atomic E-state index is 0.254. The average Bonchev–Trinajstić information content (AvgIpc) is 3.19. The molecule has 1 saturated carbocycles. The first-order valence-corrected chi connectivity index (χ1v) is 5.42. The molecule has 1 aliphatic rings. The van der Waals surface area contributed by atoms with Gasteiger partial charge < -0.3 is 9.47 Å². The lowest BCUT2D eigenvalue weighted by molar-refractivity contribution is 0.0370. The standard InChI is InChI=1S/C13H13NO3/c1-3-11(9-6-7-9)17-13(15)10-5-4-8-14-12(10)16-2/h1,4-5,8-9,11H,6-7H2,2H3/t11-/m0/s1. The molecule has 0 bridgehead atoms. The van der Waals surface area contributed by atoms with Crippen LogP contribution in [0.15, 0.2) is 18.3 Å². The van der Waals surface area contributed by atoms with Crippen LogP contribution in [-0.4, -0.2) is 24.2 Å². The quantitative estimate of drug-likeness (QED) is 0.584. The first-order valence-electron chi connectivity index (χ1n) is 5.42. The predicted octanol–water partition coefficient (Wildman–Crippen LogP) is 1.66. The van der Waals surface area contributed by atoms with Crippen molar-refractivity contribution in [1.29, 1.82) is 0 Å². The van der Waals surface area contributed by atoms with Crippen LogP contribution >= 0.6 is 0 Å². The van der Waals surface area contributed by atoms with Crippen LogP contribution in [0.5, 0.6) is 5.88 Å². The van der Waals surface area contributed by atoms with Gasteiger partial charge in [0.1, 0.15) is 5.56 Å². The van der Waals surface area contributed by atoms with E-state index < -0.39 is 12.1 Å². The van der Waals surface area contributed by atoms with Gasteiger partial charge >= 0.3 is 5.97 Å². The van der Waals surface area contributed by atoms with Crippen molar-refractivity contribution < 1.29 is 14.3 Å². The highest BCUT2D eigenvalue weighted by Crippen LogP contribution is 2.34. The average molecular weight is 231 g/mol. The molecule has 0 amide bonds. The summed E-state index contributed by atoms with van der Waals surface area (Å²) in [6.45, 7) is 0. The van der Waals surface area contributed by atoms with Gasteiger partial charge in [0, 0.05) is 12.1 Å². The molecule has 17 heavy (non-hydrogen) atoms. The van der Waals surface area contributed by atoms with E-state index in [2.05, 4.69) is 10.9 Å². The summed E-state index contributed by atoms with van der Waals surface area (Å²) in [5.74, 6) is 2.58. The Labute approximate surface area is 100.0 Å². The second-order valence-electron chi connectivity index (χ2n) is 3.89. The second kappa shape index (κ2) is 4.88. The highest BCUT2D eigenvalue weighted by atomic mass is 16.5. The fraction of sp³-hybridized carbons (Fsp3) is 0.385. The molecule has 4 nitrogen and oxygen atoms in total. The summed E-state index contributed by atoms with van der Waals surface area (Å²) in [5, 5.41) is 0. The van der Waals surface area contributed by atoms with Crippen LogP contribution in [0.4, 0.5) is 0 Å². The van der Waals surface area contributed by atoms with Gasteiger partial charge in [-0.25, -0.2) is 9.78 Å². The molecule has 88 valence electrons. The molecule has 0 unspecified atom stereocenters. The highest BCUT2D eigenvalue weighted by Gasteiger charge is 2.33. The number of terminal acetylenes is 1. The van der Waals surface area contributed by atoms with Crippen molar-refractivity contribution in [3.63, 3.8) is 0 Å². The molecule has 1 aromatic rings. The molecule has 1 fully saturated rings. The Balaban J connectivity index is 2.11. The number of carbonyl (C=O) groups excluding carboxylic acids is 1. The topological polar surface area (TPSA) is 48.4 Å². The van der Waals surface area contributed by atoms with Crippen molar-refractivity contribution >= 4 is 5.97 Å². The van der Waals surface area contributed by atoms with Gasteiger partial charge in [0.2, 0.25) is 5.88 Å². The van der Waals surface area contributed by atoms with Gasteiger partial charge in [0.25, 0.3) is 0 Å². The van der Waals surface area contributed by atoms with Crippen LogP contribution < -0.4 is 4.74 Å². The van der Waals surface area contributed by atoms with E-state index in [1.54, 1.807) is 18.3 Å². The van der Waals surface area contributed by atoms with E-state index in [4.69, 9.17) is 15.9 Å². The number of hydrogen-bond acceptors (Lipinski definition) is 4. The normalized spacial score (nSPS) is 15.8. The zero-order chi connectivity index (χ0) is 12.3. The molecule has 1 aromatic heterocycles. The third-order valence-corrected chi connectivity index (χ3v) is 2.63. The molecule has 1 heterocycles. The summed E-state index contributed by atoms with van der Waals surface area (Å²) in [6.07, 6.45) is 8.49. The molecular formula is C13H13NO3. The number of esters is 1. The number of rotatable bonds is 4. The van der Waals surface area contributed by atoms with Crippen molar-refractivity contribution in [2.45, 2.75) is 18.9 Å². The summed E-state index contributed by atoms with van der Waals surface area (Å²) in [6, 6.07) is 3.26.